The number of nitrogens with one attached hydrogen (secondary N) is 2. The fourth-order valence-corrected chi connectivity index (χ4v) is 2.55. The molecule has 2 amide bonds. The minimum Gasteiger partial charge on any atom is -0.353 e. The van der Waals surface area contributed by atoms with Crippen molar-refractivity contribution in [2.75, 3.05) is 19.6 Å². The highest BCUT2D eigenvalue weighted by molar-refractivity contribution is 5.88. The molecule has 0 aliphatic carbocycles. The van der Waals surface area contributed by atoms with Crippen molar-refractivity contribution in [1.29, 1.82) is 0 Å². The smallest absolute Gasteiger partial charge is 0.243 e. The van der Waals surface area contributed by atoms with E-state index in [2.05, 4.69) is 10.6 Å². The first kappa shape index (κ1) is 16.0. The maximum absolute atomic E-state index is 12.3. The van der Waals surface area contributed by atoms with Gasteiger partial charge in [0.25, 0.3) is 0 Å². The average molecular weight is 269 g/mol. The predicted octanol–water partition coefficient (Wildman–Crippen LogP) is 0.748. The first-order valence-electron chi connectivity index (χ1n) is 7.28. The van der Waals surface area contributed by atoms with Gasteiger partial charge in [-0.2, -0.15) is 0 Å². The van der Waals surface area contributed by atoms with Gasteiger partial charge in [-0.15, -0.1) is 0 Å². The SMILES string of the molecule is CCN[C@H](C)CNC(=O)C(C(C)C)N1CCCC1=O. The number of nitrogens with zero attached hydrogens (tertiary/aromatic N) is 1. The number of likely N-dealkylation sites (tertiary alicyclic amines) is 1. The Labute approximate surface area is 116 Å². The van der Waals surface area contributed by atoms with Crippen LogP contribution in [0.1, 0.15) is 40.5 Å². The number of rotatable bonds is 7. The second kappa shape index (κ2) is 7.48. The normalized spacial score (nSPS) is 18.8. The van der Waals surface area contributed by atoms with E-state index in [0.717, 1.165) is 13.0 Å². The summed E-state index contributed by atoms with van der Waals surface area (Å²) in [5.41, 5.74) is 0. The molecule has 1 fully saturated rings. The quantitative estimate of drug-likeness (QED) is 0.717. The Morgan fingerprint density at radius 2 is 2.05 bits per heavy atom. The van der Waals surface area contributed by atoms with E-state index in [1.807, 2.05) is 27.7 Å². The van der Waals surface area contributed by atoms with Crippen LogP contribution >= 0.6 is 0 Å². The third kappa shape index (κ3) is 4.49. The summed E-state index contributed by atoms with van der Waals surface area (Å²) in [5.74, 6) is 0.208. The highest BCUT2D eigenvalue weighted by atomic mass is 16.2. The maximum Gasteiger partial charge on any atom is 0.243 e. The molecule has 0 radical (unpaired) electrons. The molecule has 0 bridgehead atoms. The van der Waals surface area contributed by atoms with Gasteiger partial charge in [-0.1, -0.05) is 20.8 Å². The van der Waals surface area contributed by atoms with Crippen LogP contribution in [-0.4, -0.2) is 48.4 Å². The van der Waals surface area contributed by atoms with E-state index in [1.54, 1.807) is 4.90 Å². The maximum atomic E-state index is 12.3. The molecule has 0 spiro atoms. The zero-order valence-corrected chi connectivity index (χ0v) is 12.5. The van der Waals surface area contributed by atoms with Crippen LogP contribution in [-0.2, 0) is 9.59 Å². The number of carbonyl (C=O) groups excluding carboxylic acids is 2. The molecule has 110 valence electrons. The van der Waals surface area contributed by atoms with Gasteiger partial charge in [0, 0.05) is 25.6 Å². The minimum atomic E-state index is -0.330. The number of amides is 2. The molecule has 1 rings (SSSR count). The summed E-state index contributed by atoms with van der Waals surface area (Å²) in [7, 11) is 0. The van der Waals surface area contributed by atoms with Crippen LogP contribution in [0.5, 0.6) is 0 Å². The predicted molar refractivity (Wildman–Crippen MR) is 75.7 cm³/mol. The first-order chi connectivity index (χ1) is 8.97. The molecule has 1 aliphatic rings. The van der Waals surface area contributed by atoms with Crippen molar-refractivity contribution in [1.82, 2.24) is 15.5 Å². The molecule has 19 heavy (non-hydrogen) atoms. The van der Waals surface area contributed by atoms with Crippen molar-refractivity contribution in [3.05, 3.63) is 0 Å². The van der Waals surface area contributed by atoms with Crippen molar-refractivity contribution in [2.24, 2.45) is 5.92 Å². The monoisotopic (exact) mass is 269 g/mol. The topological polar surface area (TPSA) is 61.4 Å². The summed E-state index contributed by atoms with van der Waals surface area (Å²) >= 11 is 0. The van der Waals surface area contributed by atoms with Gasteiger partial charge >= 0.3 is 0 Å². The van der Waals surface area contributed by atoms with Gasteiger partial charge in [-0.25, -0.2) is 0 Å². The van der Waals surface area contributed by atoms with E-state index in [9.17, 15) is 9.59 Å². The summed E-state index contributed by atoms with van der Waals surface area (Å²) in [6.45, 7) is 10.2. The van der Waals surface area contributed by atoms with Gasteiger partial charge < -0.3 is 15.5 Å². The molecule has 5 heteroatoms. The number of hydrogen-bond acceptors (Lipinski definition) is 3. The van der Waals surface area contributed by atoms with Crippen LogP contribution in [0.2, 0.25) is 0 Å². The third-order valence-corrected chi connectivity index (χ3v) is 3.48. The van der Waals surface area contributed by atoms with Crippen molar-refractivity contribution < 1.29 is 9.59 Å². The molecular weight excluding hydrogens is 242 g/mol. The largest absolute Gasteiger partial charge is 0.353 e. The van der Waals surface area contributed by atoms with E-state index < -0.39 is 0 Å². The minimum absolute atomic E-state index is 0.0324. The lowest BCUT2D eigenvalue weighted by Crippen LogP contribution is -2.52. The van der Waals surface area contributed by atoms with Gasteiger partial charge in [0.1, 0.15) is 6.04 Å². The van der Waals surface area contributed by atoms with Crippen molar-refractivity contribution in [3.8, 4) is 0 Å². The Kier molecular flexibility index (Phi) is 6.28. The van der Waals surface area contributed by atoms with E-state index in [4.69, 9.17) is 0 Å². The number of likely N-dealkylation sites (N-methyl/N-ethyl adjacent to an activating group) is 1. The highest BCUT2D eigenvalue weighted by Crippen LogP contribution is 2.19. The van der Waals surface area contributed by atoms with Gasteiger partial charge in [0.2, 0.25) is 11.8 Å². The third-order valence-electron chi connectivity index (χ3n) is 3.48. The Hall–Kier alpha value is -1.10. The van der Waals surface area contributed by atoms with Crippen LogP contribution < -0.4 is 10.6 Å². The molecule has 5 nitrogen and oxygen atoms in total. The van der Waals surface area contributed by atoms with Gasteiger partial charge in [0.05, 0.1) is 0 Å². The van der Waals surface area contributed by atoms with Crippen LogP contribution in [0, 0.1) is 5.92 Å². The lowest BCUT2D eigenvalue weighted by atomic mass is 10.0. The molecule has 1 heterocycles. The molecule has 2 N–H and O–H groups in total. The Balaban J connectivity index is 2.56. The van der Waals surface area contributed by atoms with Gasteiger partial charge in [-0.05, 0) is 25.8 Å². The number of hydrogen-bond donors (Lipinski definition) is 2. The van der Waals surface area contributed by atoms with E-state index >= 15 is 0 Å². The Morgan fingerprint density at radius 3 is 2.53 bits per heavy atom. The average Bonchev–Trinajstić information content (AvgIpc) is 2.73. The van der Waals surface area contributed by atoms with Crippen LogP contribution in [0.25, 0.3) is 0 Å². The molecule has 1 aliphatic heterocycles. The Morgan fingerprint density at radius 1 is 1.37 bits per heavy atom. The second-order valence-corrected chi connectivity index (χ2v) is 5.58. The van der Waals surface area contributed by atoms with Crippen LogP contribution in [0.3, 0.4) is 0 Å². The van der Waals surface area contributed by atoms with Gasteiger partial charge in [-0.3, -0.25) is 9.59 Å². The van der Waals surface area contributed by atoms with Crippen LogP contribution in [0.15, 0.2) is 0 Å². The summed E-state index contributed by atoms with van der Waals surface area (Å²) in [6, 6.07) is -0.0835. The molecular formula is C14H27N3O2. The lowest BCUT2D eigenvalue weighted by Gasteiger charge is -2.30. The van der Waals surface area contributed by atoms with E-state index in [0.29, 0.717) is 19.5 Å². The molecule has 2 atom stereocenters. The summed E-state index contributed by atoms with van der Waals surface area (Å²) in [4.78, 5) is 25.8. The fraction of sp³-hybridized carbons (Fsp3) is 0.857. The van der Waals surface area contributed by atoms with E-state index in [1.165, 1.54) is 0 Å². The second-order valence-electron chi connectivity index (χ2n) is 5.58. The Bertz CT molecular complexity index is 318. The number of carbonyl (C=O) groups is 2. The lowest BCUT2D eigenvalue weighted by molar-refractivity contribution is -0.139. The fourth-order valence-electron chi connectivity index (χ4n) is 2.55. The zero-order valence-electron chi connectivity index (χ0n) is 12.5. The van der Waals surface area contributed by atoms with Crippen molar-refractivity contribution >= 4 is 11.8 Å². The van der Waals surface area contributed by atoms with Crippen molar-refractivity contribution in [3.63, 3.8) is 0 Å². The zero-order chi connectivity index (χ0) is 14.4. The molecule has 1 unspecified atom stereocenters. The highest BCUT2D eigenvalue weighted by Gasteiger charge is 2.34. The van der Waals surface area contributed by atoms with Crippen LogP contribution in [0.4, 0.5) is 0 Å². The van der Waals surface area contributed by atoms with E-state index in [-0.39, 0.29) is 29.8 Å². The molecule has 0 aromatic carbocycles. The summed E-state index contributed by atoms with van der Waals surface area (Å²) in [5, 5.41) is 6.20. The molecule has 0 saturated carbocycles. The summed E-state index contributed by atoms with van der Waals surface area (Å²) < 4.78 is 0. The molecule has 0 aromatic rings. The van der Waals surface area contributed by atoms with Crippen molar-refractivity contribution in [2.45, 2.75) is 52.6 Å². The standard InChI is InChI=1S/C14H27N3O2/c1-5-15-11(4)9-16-14(19)13(10(2)3)17-8-6-7-12(17)18/h10-11,13,15H,5-9H2,1-4H3,(H,16,19)/t11-,13?/m1/s1. The molecule has 0 aromatic heterocycles. The molecule has 1 saturated heterocycles. The first-order valence-corrected chi connectivity index (χ1v) is 7.28. The summed E-state index contributed by atoms with van der Waals surface area (Å²) in [6.07, 6.45) is 1.44. The van der Waals surface area contributed by atoms with Gasteiger partial charge in [0.15, 0.2) is 0 Å².